The number of rotatable bonds is 6. The zero-order valence-electron chi connectivity index (χ0n) is 14.0. The molecule has 0 fully saturated rings. The maximum absolute atomic E-state index is 12.2. The molecule has 4 N–H and O–H groups in total. The van der Waals surface area contributed by atoms with E-state index in [1.54, 1.807) is 30.6 Å². The van der Waals surface area contributed by atoms with Crippen molar-refractivity contribution in [3.8, 4) is 5.88 Å². The maximum atomic E-state index is 12.2. The first-order valence-corrected chi connectivity index (χ1v) is 7.72. The number of hydrogen-bond donors (Lipinski definition) is 3. The minimum absolute atomic E-state index is 0.186. The molecule has 0 aliphatic rings. The van der Waals surface area contributed by atoms with E-state index in [1.165, 1.54) is 19.5 Å². The van der Waals surface area contributed by atoms with Crippen LogP contribution in [-0.2, 0) is 6.54 Å². The van der Waals surface area contributed by atoms with Gasteiger partial charge in [-0.1, -0.05) is 0 Å². The van der Waals surface area contributed by atoms with Crippen molar-refractivity contribution in [3.05, 3.63) is 60.4 Å². The van der Waals surface area contributed by atoms with Gasteiger partial charge in [-0.25, -0.2) is 15.0 Å². The number of ether oxygens (including phenoxy) is 1. The molecule has 9 heteroatoms. The normalized spacial score (nSPS) is 10.2. The van der Waals surface area contributed by atoms with Crippen LogP contribution < -0.4 is 21.1 Å². The number of carbonyl (C=O) groups is 1. The molecule has 0 aliphatic heterocycles. The molecule has 0 radical (unpaired) electrons. The molecule has 0 saturated heterocycles. The molecule has 132 valence electrons. The van der Waals surface area contributed by atoms with Gasteiger partial charge in [0.2, 0.25) is 5.88 Å². The lowest BCUT2D eigenvalue weighted by molar-refractivity contribution is 0.102. The van der Waals surface area contributed by atoms with Crippen LogP contribution in [0, 0.1) is 0 Å². The smallest absolute Gasteiger partial charge is 0.275 e. The molecule has 0 aromatic carbocycles. The van der Waals surface area contributed by atoms with Crippen LogP contribution in [0.15, 0.2) is 49.1 Å². The fraction of sp³-hybridized carbons (Fsp3) is 0.118. The predicted octanol–water partition coefficient (Wildman–Crippen LogP) is 1.72. The molecule has 26 heavy (non-hydrogen) atoms. The van der Waals surface area contributed by atoms with Crippen molar-refractivity contribution in [3.63, 3.8) is 0 Å². The Morgan fingerprint density at radius 2 is 2.04 bits per heavy atom. The number of amides is 1. The summed E-state index contributed by atoms with van der Waals surface area (Å²) in [7, 11) is 1.48. The van der Waals surface area contributed by atoms with Crippen molar-refractivity contribution >= 4 is 23.1 Å². The first-order valence-electron chi connectivity index (χ1n) is 7.72. The summed E-state index contributed by atoms with van der Waals surface area (Å²) in [4.78, 5) is 28.5. The third-order valence-electron chi connectivity index (χ3n) is 3.44. The van der Waals surface area contributed by atoms with E-state index in [-0.39, 0.29) is 11.6 Å². The lowest BCUT2D eigenvalue weighted by atomic mass is 10.3. The minimum atomic E-state index is -0.373. The lowest BCUT2D eigenvalue weighted by Gasteiger charge is -2.09. The number of aromatic nitrogens is 4. The largest absolute Gasteiger partial charge is 0.480 e. The van der Waals surface area contributed by atoms with Crippen LogP contribution in [0.25, 0.3) is 0 Å². The van der Waals surface area contributed by atoms with Gasteiger partial charge in [0.15, 0.2) is 0 Å². The zero-order valence-corrected chi connectivity index (χ0v) is 14.0. The quantitative estimate of drug-likeness (QED) is 0.612. The Bertz CT molecular complexity index is 900. The van der Waals surface area contributed by atoms with Crippen molar-refractivity contribution in [2.75, 3.05) is 23.5 Å². The first-order chi connectivity index (χ1) is 12.7. The second kappa shape index (κ2) is 7.88. The van der Waals surface area contributed by atoms with E-state index < -0.39 is 0 Å². The number of hydrogen-bond acceptors (Lipinski definition) is 8. The van der Waals surface area contributed by atoms with E-state index in [0.29, 0.717) is 23.9 Å². The molecule has 0 aliphatic carbocycles. The number of pyridine rings is 2. The summed E-state index contributed by atoms with van der Waals surface area (Å²) in [6, 6.07) is 7.07. The molecule has 3 heterocycles. The second-order valence-electron chi connectivity index (χ2n) is 5.22. The first kappa shape index (κ1) is 17.1. The fourth-order valence-electron chi connectivity index (χ4n) is 2.14. The number of anilines is 3. The molecule has 3 aromatic rings. The fourth-order valence-corrected chi connectivity index (χ4v) is 2.14. The summed E-state index contributed by atoms with van der Waals surface area (Å²) in [6.07, 6.45) is 5.97. The van der Waals surface area contributed by atoms with Gasteiger partial charge in [0.05, 0.1) is 37.4 Å². The third kappa shape index (κ3) is 4.20. The van der Waals surface area contributed by atoms with Gasteiger partial charge in [0.1, 0.15) is 11.5 Å². The molecule has 0 spiro atoms. The number of nitrogens with zero attached hydrogens (tertiary/aromatic N) is 4. The van der Waals surface area contributed by atoms with E-state index in [0.717, 1.165) is 11.4 Å². The van der Waals surface area contributed by atoms with Gasteiger partial charge in [0.25, 0.3) is 5.91 Å². The van der Waals surface area contributed by atoms with Gasteiger partial charge in [0, 0.05) is 18.1 Å². The SMILES string of the molecule is COc1cnc(C(=O)Nc2ccnc(CNc3cccnc3N)c2)cn1. The third-order valence-corrected chi connectivity index (χ3v) is 3.44. The molecule has 3 rings (SSSR count). The summed E-state index contributed by atoms with van der Waals surface area (Å²) in [5.41, 5.74) is 8.02. The summed E-state index contributed by atoms with van der Waals surface area (Å²) in [5.74, 6) is 0.380. The topological polar surface area (TPSA) is 128 Å². The van der Waals surface area contributed by atoms with Gasteiger partial charge in [-0.05, 0) is 24.3 Å². The van der Waals surface area contributed by atoms with Crippen LogP contribution >= 0.6 is 0 Å². The van der Waals surface area contributed by atoms with Crippen LogP contribution in [0.2, 0.25) is 0 Å². The van der Waals surface area contributed by atoms with Gasteiger partial charge < -0.3 is 21.1 Å². The molecule has 1 amide bonds. The highest BCUT2D eigenvalue weighted by Crippen LogP contribution is 2.16. The lowest BCUT2D eigenvalue weighted by Crippen LogP contribution is -2.14. The van der Waals surface area contributed by atoms with Gasteiger partial charge in [-0.3, -0.25) is 9.78 Å². The van der Waals surface area contributed by atoms with Crippen LogP contribution in [0.1, 0.15) is 16.2 Å². The highest BCUT2D eigenvalue weighted by molar-refractivity contribution is 6.02. The molecule has 3 aromatic heterocycles. The standard InChI is InChI=1S/C17H17N7O2/c1-26-15-10-22-14(9-23-15)17(25)24-11-4-6-19-12(7-11)8-21-13-3-2-5-20-16(13)18/h2-7,9-10,21H,8H2,1H3,(H2,18,20)(H,19,24,25). The average Bonchev–Trinajstić information content (AvgIpc) is 2.68. The summed E-state index contributed by atoms with van der Waals surface area (Å²) < 4.78 is 4.92. The van der Waals surface area contributed by atoms with Gasteiger partial charge in [-0.2, -0.15) is 0 Å². The minimum Gasteiger partial charge on any atom is -0.480 e. The number of nitrogen functional groups attached to an aromatic ring is 1. The molecule has 9 nitrogen and oxygen atoms in total. The summed E-state index contributed by atoms with van der Waals surface area (Å²) in [5, 5.41) is 5.91. The van der Waals surface area contributed by atoms with Crippen molar-refractivity contribution in [2.24, 2.45) is 0 Å². The van der Waals surface area contributed by atoms with E-state index in [9.17, 15) is 4.79 Å². The number of nitrogens with two attached hydrogens (primary N) is 1. The van der Waals surface area contributed by atoms with E-state index in [4.69, 9.17) is 10.5 Å². The molecular weight excluding hydrogens is 334 g/mol. The second-order valence-corrected chi connectivity index (χ2v) is 5.22. The zero-order chi connectivity index (χ0) is 18.4. The van der Waals surface area contributed by atoms with E-state index in [1.807, 2.05) is 6.07 Å². The van der Waals surface area contributed by atoms with Crippen molar-refractivity contribution in [1.29, 1.82) is 0 Å². The van der Waals surface area contributed by atoms with Gasteiger partial charge >= 0.3 is 0 Å². The monoisotopic (exact) mass is 351 g/mol. The van der Waals surface area contributed by atoms with Crippen molar-refractivity contribution in [1.82, 2.24) is 19.9 Å². The Kier molecular flexibility index (Phi) is 5.18. The maximum Gasteiger partial charge on any atom is 0.275 e. The summed E-state index contributed by atoms with van der Waals surface area (Å²) >= 11 is 0. The average molecular weight is 351 g/mol. The van der Waals surface area contributed by atoms with Gasteiger partial charge in [-0.15, -0.1) is 0 Å². The predicted molar refractivity (Wildman–Crippen MR) is 96.8 cm³/mol. The Balaban J connectivity index is 1.65. The van der Waals surface area contributed by atoms with Crippen LogP contribution in [0.4, 0.5) is 17.2 Å². The highest BCUT2D eigenvalue weighted by Gasteiger charge is 2.09. The van der Waals surface area contributed by atoms with Crippen molar-refractivity contribution < 1.29 is 9.53 Å². The molecule has 0 saturated carbocycles. The van der Waals surface area contributed by atoms with E-state index >= 15 is 0 Å². The molecule has 0 atom stereocenters. The summed E-state index contributed by atoms with van der Waals surface area (Å²) in [6.45, 7) is 0.432. The number of nitrogens with one attached hydrogen (secondary N) is 2. The Morgan fingerprint density at radius 1 is 1.15 bits per heavy atom. The van der Waals surface area contributed by atoms with Crippen LogP contribution in [0.5, 0.6) is 5.88 Å². The Morgan fingerprint density at radius 3 is 2.77 bits per heavy atom. The highest BCUT2D eigenvalue weighted by atomic mass is 16.5. The van der Waals surface area contributed by atoms with E-state index in [2.05, 4.69) is 30.6 Å². The molecule has 0 unspecified atom stereocenters. The Labute approximate surface area is 149 Å². The Hall–Kier alpha value is -3.75. The molecule has 0 bridgehead atoms. The number of methoxy groups -OCH3 is 1. The van der Waals surface area contributed by atoms with Crippen molar-refractivity contribution in [2.45, 2.75) is 6.54 Å². The van der Waals surface area contributed by atoms with Crippen LogP contribution in [0.3, 0.4) is 0 Å². The van der Waals surface area contributed by atoms with Crippen LogP contribution in [-0.4, -0.2) is 33.0 Å². The number of carbonyl (C=O) groups excluding carboxylic acids is 1. The molecular formula is C17H17N7O2.